The minimum atomic E-state index is -1.02. The normalized spacial score (nSPS) is 11.5. The first-order chi connectivity index (χ1) is 16.3. The van der Waals surface area contributed by atoms with Crippen molar-refractivity contribution in [3.8, 4) is 5.75 Å². The van der Waals surface area contributed by atoms with E-state index in [2.05, 4.69) is 15.3 Å². The second-order valence-corrected chi connectivity index (χ2v) is 7.81. The van der Waals surface area contributed by atoms with E-state index in [1.54, 1.807) is 55.6 Å². The lowest BCUT2D eigenvalue weighted by atomic mass is 9.98. The Morgan fingerprint density at radius 2 is 1.68 bits per heavy atom. The number of carboxylic acid groups (broad SMARTS) is 1. The lowest BCUT2D eigenvalue weighted by Gasteiger charge is -2.20. The third-order valence-corrected chi connectivity index (χ3v) is 5.28. The second-order valence-electron chi connectivity index (χ2n) is 7.38. The fraction of sp³-hybridized carbons (Fsp3) is 0.208. The number of hydrogen-bond acceptors (Lipinski definition) is 6. The molecule has 1 amide bonds. The number of hydrogen-bond donors (Lipinski definition) is 3. The van der Waals surface area contributed by atoms with Gasteiger partial charge in [0.25, 0.3) is 11.5 Å². The van der Waals surface area contributed by atoms with Gasteiger partial charge in [0.2, 0.25) is 0 Å². The van der Waals surface area contributed by atoms with E-state index in [4.69, 9.17) is 21.4 Å². The van der Waals surface area contributed by atoms with Crippen molar-refractivity contribution in [3.05, 3.63) is 92.6 Å². The van der Waals surface area contributed by atoms with Crippen molar-refractivity contribution in [2.24, 2.45) is 0 Å². The number of Topliss-reactive ketones (excluding diaryl/α,β-unsaturated/α-hetero) is 1. The Morgan fingerprint density at radius 1 is 1.06 bits per heavy atom. The summed E-state index contributed by atoms with van der Waals surface area (Å²) >= 11 is 6.00. The van der Waals surface area contributed by atoms with Crippen LogP contribution in [0.1, 0.15) is 57.4 Å². The number of halogens is 1. The van der Waals surface area contributed by atoms with E-state index < -0.39 is 29.3 Å². The first-order valence-corrected chi connectivity index (χ1v) is 10.7. The molecule has 0 bridgehead atoms. The van der Waals surface area contributed by atoms with Crippen LogP contribution in [0.3, 0.4) is 0 Å². The number of aliphatic carboxylic acids is 1. The average Bonchev–Trinajstić information content (AvgIpc) is 2.82. The van der Waals surface area contributed by atoms with Crippen LogP contribution in [0.15, 0.2) is 59.5 Å². The second kappa shape index (κ2) is 11.2. The molecule has 10 heteroatoms. The lowest BCUT2D eigenvalue weighted by Crippen LogP contribution is -2.34. The summed E-state index contributed by atoms with van der Waals surface area (Å²) in [7, 11) is 1.55. The largest absolute Gasteiger partial charge is 0.497 e. The van der Waals surface area contributed by atoms with Gasteiger partial charge >= 0.3 is 5.97 Å². The van der Waals surface area contributed by atoms with Gasteiger partial charge in [0.1, 0.15) is 11.3 Å². The summed E-state index contributed by atoms with van der Waals surface area (Å²) in [5.41, 5.74) is 0.428. The van der Waals surface area contributed by atoms with Gasteiger partial charge in [0.15, 0.2) is 11.6 Å². The number of nitrogens with zero attached hydrogens (tertiary/aromatic N) is 1. The molecular formula is C24H22ClN3O6. The number of benzene rings is 2. The quantitative estimate of drug-likeness (QED) is 0.375. The van der Waals surface area contributed by atoms with Gasteiger partial charge in [-0.3, -0.25) is 19.2 Å². The Hall–Kier alpha value is -3.98. The molecule has 0 radical (unpaired) electrons. The zero-order chi connectivity index (χ0) is 24.7. The molecule has 0 aliphatic rings. The zero-order valence-electron chi connectivity index (χ0n) is 18.2. The molecule has 3 aromatic rings. The van der Waals surface area contributed by atoms with E-state index in [9.17, 15) is 19.2 Å². The standard InChI is InChI=1S/C24H22ClN3O6/c1-34-17-11-7-15(8-12-17)21(14-5-9-16(25)10-6-14)27-23(32)18-13-26-22(28-24(18)33)19(29)3-2-4-20(30)31/h5-13,21H,2-4H2,1H3,(H,27,32)(H,30,31)(H,26,28,33)/t21-/m0/s1. The molecule has 34 heavy (non-hydrogen) atoms. The monoisotopic (exact) mass is 483 g/mol. The molecule has 1 aromatic heterocycles. The van der Waals surface area contributed by atoms with Gasteiger partial charge < -0.3 is 20.1 Å². The van der Waals surface area contributed by atoms with E-state index in [0.29, 0.717) is 10.8 Å². The van der Waals surface area contributed by atoms with Crippen molar-refractivity contribution in [2.75, 3.05) is 7.11 Å². The Bertz CT molecular complexity index is 1240. The number of aromatic nitrogens is 2. The van der Waals surface area contributed by atoms with Crippen LogP contribution >= 0.6 is 11.6 Å². The first kappa shape index (κ1) is 24.7. The fourth-order valence-corrected chi connectivity index (χ4v) is 3.36. The molecule has 0 unspecified atom stereocenters. The van der Waals surface area contributed by atoms with Crippen LogP contribution < -0.4 is 15.6 Å². The highest BCUT2D eigenvalue weighted by Gasteiger charge is 2.21. The Labute approximate surface area is 199 Å². The Balaban J connectivity index is 1.83. The van der Waals surface area contributed by atoms with Gasteiger partial charge in [-0.25, -0.2) is 4.98 Å². The number of ketones is 1. The molecule has 9 nitrogen and oxygen atoms in total. The van der Waals surface area contributed by atoms with Crippen molar-refractivity contribution in [1.82, 2.24) is 15.3 Å². The summed E-state index contributed by atoms with van der Waals surface area (Å²) in [4.78, 5) is 54.4. The number of carbonyl (C=O) groups excluding carboxylic acids is 2. The predicted molar refractivity (Wildman–Crippen MR) is 124 cm³/mol. The minimum Gasteiger partial charge on any atom is -0.497 e. The predicted octanol–water partition coefficient (Wildman–Crippen LogP) is 3.39. The molecule has 2 aromatic carbocycles. The number of carboxylic acids is 1. The molecule has 0 saturated heterocycles. The van der Waals surface area contributed by atoms with Crippen LogP contribution in [0.25, 0.3) is 0 Å². The van der Waals surface area contributed by atoms with Gasteiger partial charge in [0.05, 0.1) is 13.2 Å². The number of rotatable bonds is 10. The van der Waals surface area contributed by atoms with Crippen molar-refractivity contribution in [2.45, 2.75) is 25.3 Å². The summed E-state index contributed by atoms with van der Waals surface area (Å²) < 4.78 is 5.19. The van der Waals surface area contributed by atoms with Crippen LogP contribution in [-0.2, 0) is 4.79 Å². The van der Waals surface area contributed by atoms with Gasteiger partial charge in [-0.05, 0) is 41.8 Å². The summed E-state index contributed by atoms with van der Waals surface area (Å²) in [6.07, 6.45) is 0.890. The van der Waals surface area contributed by atoms with Crippen molar-refractivity contribution in [1.29, 1.82) is 0 Å². The number of aromatic amines is 1. The van der Waals surface area contributed by atoms with Crippen molar-refractivity contribution in [3.63, 3.8) is 0 Å². The van der Waals surface area contributed by atoms with Crippen LogP contribution in [0, 0.1) is 0 Å². The maximum atomic E-state index is 13.0. The molecule has 0 fully saturated rings. The van der Waals surface area contributed by atoms with Crippen LogP contribution in [0.5, 0.6) is 5.75 Å². The average molecular weight is 484 g/mol. The first-order valence-electron chi connectivity index (χ1n) is 10.3. The number of H-pyrrole nitrogens is 1. The SMILES string of the molecule is COc1ccc([C@@H](NC(=O)c2cnc(C(=O)CCCC(=O)O)[nH]c2=O)c2ccc(Cl)cc2)cc1. The third-order valence-electron chi connectivity index (χ3n) is 5.03. The topological polar surface area (TPSA) is 138 Å². The molecule has 1 heterocycles. The summed E-state index contributed by atoms with van der Waals surface area (Å²) in [5, 5.41) is 12.0. The molecule has 0 aliphatic heterocycles. The molecule has 0 saturated carbocycles. The number of amides is 1. The van der Waals surface area contributed by atoms with E-state index in [-0.39, 0.29) is 30.7 Å². The smallest absolute Gasteiger partial charge is 0.303 e. The Kier molecular flexibility index (Phi) is 8.15. The van der Waals surface area contributed by atoms with Gasteiger partial charge in [0, 0.05) is 24.1 Å². The molecule has 1 atom stereocenters. The molecule has 176 valence electrons. The van der Waals surface area contributed by atoms with Crippen LogP contribution in [-0.4, -0.2) is 39.8 Å². The summed E-state index contributed by atoms with van der Waals surface area (Å²) in [6, 6.07) is 13.4. The molecule has 3 rings (SSSR count). The highest BCUT2D eigenvalue weighted by Crippen LogP contribution is 2.25. The lowest BCUT2D eigenvalue weighted by molar-refractivity contribution is -0.137. The van der Waals surface area contributed by atoms with Crippen molar-refractivity contribution < 1.29 is 24.2 Å². The molecule has 0 aliphatic carbocycles. The summed E-state index contributed by atoms with van der Waals surface area (Å²) in [5.74, 6) is -1.80. The number of carbonyl (C=O) groups is 3. The maximum absolute atomic E-state index is 13.0. The maximum Gasteiger partial charge on any atom is 0.303 e. The number of nitrogens with one attached hydrogen (secondary N) is 2. The summed E-state index contributed by atoms with van der Waals surface area (Å²) in [6.45, 7) is 0. The van der Waals surface area contributed by atoms with E-state index in [0.717, 1.165) is 17.3 Å². The molecule has 3 N–H and O–H groups in total. The number of ether oxygens (including phenoxy) is 1. The van der Waals surface area contributed by atoms with Gasteiger partial charge in [-0.1, -0.05) is 35.9 Å². The fourth-order valence-electron chi connectivity index (χ4n) is 3.24. The van der Waals surface area contributed by atoms with E-state index >= 15 is 0 Å². The Morgan fingerprint density at radius 3 is 2.24 bits per heavy atom. The third kappa shape index (κ3) is 6.29. The van der Waals surface area contributed by atoms with Crippen molar-refractivity contribution >= 4 is 29.3 Å². The van der Waals surface area contributed by atoms with Crippen LogP contribution in [0.4, 0.5) is 0 Å². The van der Waals surface area contributed by atoms with Gasteiger partial charge in [-0.2, -0.15) is 0 Å². The molecular weight excluding hydrogens is 462 g/mol. The highest BCUT2D eigenvalue weighted by atomic mass is 35.5. The minimum absolute atomic E-state index is 0.0864. The number of methoxy groups -OCH3 is 1. The van der Waals surface area contributed by atoms with Gasteiger partial charge in [-0.15, -0.1) is 0 Å². The van der Waals surface area contributed by atoms with E-state index in [1.807, 2.05) is 0 Å². The highest BCUT2D eigenvalue weighted by molar-refractivity contribution is 6.30. The van der Waals surface area contributed by atoms with Crippen LogP contribution in [0.2, 0.25) is 5.02 Å². The zero-order valence-corrected chi connectivity index (χ0v) is 19.0. The van der Waals surface area contributed by atoms with E-state index in [1.165, 1.54) is 0 Å². The molecule has 0 spiro atoms.